The number of carbonyl (C=O) groups is 1. The summed E-state index contributed by atoms with van der Waals surface area (Å²) in [5.74, 6) is 0.307. The fourth-order valence-electron chi connectivity index (χ4n) is 3.34. The number of benzene rings is 2. The zero-order valence-electron chi connectivity index (χ0n) is 15.4. The number of nitrogens with zero attached hydrogens (tertiary/aromatic N) is 5. The van der Waals surface area contributed by atoms with Crippen molar-refractivity contribution in [2.45, 2.75) is 24.2 Å². The summed E-state index contributed by atoms with van der Waals surface area (Å²) in [6, 6.07) is 20.3. The molecule has 0 radical (unpaired) electrons. The Morgan fingerprint density at radius 3 is 2.64 bits per heavy atom. The molecular weight excluding hydrogens is 372 g/mol. The predicted octanol–water partition coefficient (Wildman–Crippen LogP) is 2.15. The second kappa shape index (κ2) is 8.99. The minimum Gasteiger partial charge on any atom is -0.351 e. The van der Waals surface area contributed by atoms with Crippen LogP contribution in [0.5, 0.6) is 0 Å². The van der Waals surface area contributed by atoms with Crippen LogP contribution in [-0.4, -0.2) is 55.9 Å². The van der Waals surface area contributed by atoms with Gasteiger partial charge in [-0.05, 0) is 34.5 Å². The first-order valence-electron chi connectivity index (χ1n) is 9.30. The number of likely N-dealkylation sites (tertiary alicyclic amines) is 1. The number of para-hydroxylation sites is 1. The maximum atomic E-state index is 12.4. The molecule has 0 spiro atoms. The highest BCUT2D eigenvalue weighted by atomic mass is 32.2. The largest absolute Gasteiger partial charge is 0.351 e. The first kappa shape index (κ1) is 18.6. The number of tetrazole rings is 1. The van der Waals surface area contributed by atoms with Gasteiger partial charge in [0.2, 0.25) is 11.1 Å². The minimum absolute atomic E-state index is 0.0131. The molecule has 8 heteroatoms. The van der Waals surface area contributed by atoms with E-state index in [-0.39, 0.29) is 11.9 Å². The zero-order valence-corrected chi connectivity index (χ0v) is 16.3. The molecule has 1 atom stereocenters. The summed E-state index contributed by atoms with van der Waals surface area (Å²) in [4.78, 5) is 14.8. The molecular formula is C20H22N6OS. The first-order valence-corrected chi connectivity index (χ1v) is 10.3. The Labute approximate surface area is 168 Å². The molecule has 28 heavy (non-hydrogen) atoms. The number of carbonyl (C=O) groups excluding carboxylic acids is 1. The third kappa shape index (κ3) is 4.76. The second-order valence-corrected chi connectivity index (χ2v) is 7.71. The molecule has 2 heterocycles. The summed E-state index contributed by atoms with van der Waals surface area (Å²) < 4.78 is 1.65. The van der Waals surface area contributed by atoms with Gasteiger partial charge >= 0.3 is 0 Å². The standard InChI is InChI=1S/C20H22N6OS/c27-19(15-28-20-22-23-24-26(20)18-9-5-2-6-10-18)21-17-11-12-25(14-17)13-16-7-3-1-4-8-16/h1-10,17H,11-15H2,(H,21,27). The van der Waals surface area contributed by atoms with Crippen LogP contribution in [0.1, 0.15) is 12.0 Å². The van der Waals surface area contributed by atoms with Crippen molar-refractivity contribution >= 4 is 17.7 Å². The lowest BCUT2D eigenvalue weighted by Gasteiger charge is -2.16. The van der Waals surface area contributed by atoms with Crippen LogP contribution in [0.25, 0.3) is 5.69 Å². The van der Waals surface area contributed by atoms with E-state index in [2.05, 4.69) is 50.0 Å². The second-order valence-electron chi connectivity index (χ2n) is 6.77. The SMILES string of the molecule is O=C(CSc1nnnn1-c1ccccc1)NC1CCN(Cc2ccccc2)C1. The van der Waals surface area contributed by atoms with Crippen molar-refractivity contribution in [2.75, 3.05) is 18.8 Å². The molecule has 0 bridgehead atoms. The van der Waals surface area contributed by atoms with E-state index in [9.17, 15) is 4.79 Å². The fourth-order valence-corrected chi connectivity index (χ4v) is 4.04. The van der Waals surface area contributed by atoms with Crippen LogP contribution in [0.3, 0.4) is 0 Å². The summed E-state index contributed by atoms with van der Waals surface area (Å²) in [7, 11) is 0. The molecule has 4 rings (SSSR count). The fraction of sp³-hybridized carbons (Fsp3) is 0.300. The molecule has 1 unspecified atom stereocenters. The third-order valence-electron chi connectivity index (χ3n) is 4.66. The van der Waals surface area contributed by atoms with Gasteiger partial charge in [0.15, 0.2) is 0 Å². The zero-order chi connectivity index (χ0) is 19.2. The van der Waals surface area contributed by atoms with E-state index in [4.69, 9.17) is 0 Å². The van der Waals surface area contributed by atoms with E-state index < -0.39 is 0 Å². The summed E-state index contributed by atoms with van der Waals surface area (Å²) in [5.41, 5.74) is 2.18. The van der Waals surface area contributed by atoms with Crippen LogP contribution in [0.4, 0.5) is 0 Å². The number of thioether (sulfide) groups is 1. The monoisotopic (exact) mass is 394 g/mol. The molecule has 1 amide bonds. The van der Waals surface area contributed by atoms with Crippen LogP contribution in [0.15, 0.2) is 65.8 Å². The predicted molar refractivity (Wildman–Crippen MR) is 108 cm³/mol. The van der Waals surface area contributed by atoms with Gasteiger partial charge in [0.25, 0.3) is 0 Å². The van der Waals surface area contributed by atoms with Crippen molar-refractivity contribution in [1.82, 2.24) is 30.4 Å². The Morgan fingerprint density at radius 2 is 1.86 bits per heavy atom. The van der Waals surface area contributed by atoms with Crippen molar-refractivity contribution in [3.05, 3.63) is 66.2 Å². The number of hydrogen-bond donors (Lipinski definition) is 1. The van der Waals surface area contributed by atoms with Crippen molar-refractivity contribution in [1.29, 1.82) is 0 Å². The molecule has 1 aromatic heterocycles. The summed E-state index contributed by atoms with van der Waals surface area (Å²) in [5, 5.41) is 15.5. The lowest BCUT2D eigenvalue weighted by molar-refractivity contribution is -0.119. The maximum absolute atomic E-state index is 12.4. The number of amides is 1. The molecule has 1 N–H and O–H groups in total. The first-order chi connectivity index (χ1) is 13.8. The van der Waals surface area contributed by atoms with E-state index in [0.29, 0.717) is 10.9 Å². The molecule has 0 saturated carbocycles. The topological polar surface area (TPSA) is 75.9 Å². The normalized spacial score (nSPS) is 16.9. The van der Waals surface area contributed by atoms with Crippen molar-refractivity contribution < 1.29 is 4.79 Å². The summed E-state index contributed by atoms with van der Waals surface area (Å²) in [6.45, 7) is 2.81. The smallest absolute Gasteiger partial charge is 0.230 e. The van der Waals surface area contributed by atoms with Gasteiger partial charge in [-0.2, -0.15) is 4.68 Å². The molecule has 144 valence electrons. The van der Waals surface area contributed by atoms with Crippen LogP contribution < -0.4 is 5.32 Å². The van der Waals surface area contributed by atoms with Gasteiger partial charge in [0.1, 0.15) is 0 Å². The Hall–Kier alpha value is -2.71. The third-order valence-corrected chi connectivity index (χ3v) is 5.58. The Kier molecular flexibility index (Phi) is 5.98. The Morgan fingerprint density at radius 1 is 1.11 bits per heavy atom. The molecule has 0 aliphatic carbocycles. The molecule has 1 saturated heterocycles. The number of nitrogens with one attached hydrogen (secondary N) is 1. The number of rotatable bonds is 7. The van der Waals surface area contributed by atoms with E-state index in [1.165, 1.54) is 17.3 Å². The van der Waals surface area contributed by atoms with Crippen LogP contribution in [0, 0.1) is 0 Å². The molecule has 1 aliphatic heterocycles. The van der Waals surface area contributed by atoms with Crippen LogP contribution in [-0.2, 0) is 11.3 Å². The van der Waals surface area contributed by atoms with Crippen molar-refractivity contribution in [2.24, 2.45) is 0 Å². The Balaban J connectivity index is 1.25. The van der Waals surface area contributed by atoms with E-state index in [1.54, 1.807) is 4.68 Å². The summed E-state index contributed by atoms with van der Waals surface area (Å²) >= 11 is 1.34. The lowest BCUT2D eigenvalue weighted by Crippen LogP contribution is -2.38. The Bertz CT molecular complexity index is 901. The lowest BCUT2D eigenvalue weighted by atomic mass is 10.2. The van der Waals surface area contributed by atoms with Gasteiger partial charge in [0, 0.05) is 25.7 Å². The highest BCUT2D eigenvalue weighted by Gasteiger charge is 2.24. The molecule has 3 aromatic rings. The van der Waals surface area contributed by atoms with Gasteiger partial charge in [-0.15, -0.1) is 5.10 Å². The van der Waals surface area contributed by atoms with Gasteiger partial charge in [0.05, 0.1) is 11.4 Å². The molecule has 7 nitrogen and oxygen atoms in total. The average molecular weight is 395 g/mol. The van der Waals surface area contributed by atoms with E-state index >= 15 is 0 Å². The van der Waals surface area contributed by atoms with Crippen LogP contribution in [0.2, 0.25) is 0 Å². The number of aromatic nitrogens is 4. The van der Waals surface area contributed by atoms with Gasteiger partial charge in [-0.25, -0.2) is 0 Å². The van der Waals surface area contributed by atoms with E-state index in [0.717, 1.165) is 31.7 Å². The van der Waals surface area contributed by atoms with Gasteiger partial charge in [-0.1, -0.05) is 60.3 Å². The van der Waals surface area contributed by atoms with Gasteiger partial charge in [-0.3, -0.25) is 9.69 Å². The van der Waals surface area contributed by atoms with Crippen LogP contribution >= 0.6 is 11.8 Å². The summed E-state index contributed by atoms with van der Waals surface area (Å²) in [6.07, 6.45) is 0.977. The van der Waals surface area contributed by atoms with Gasteiger partial charge < -0.3 is 5.32 Å². The molecule has 1 fully saturated rings. The quantitative estimate of drug-likeness (QED) is 0.619. The van der Waals surface area contributed by atoms with Crippen molar-refractivity contribution in [3.8, 4) is 5.69 Å². The molecule has 1 aliphatic rings. The maximum Gasteiger partial charge on any atom is 0.230 e. The number of hydrogen-bond acceptors (Lipinski definition) is 6. The highest BCUT2D eigenvalue weighted by molar-refractivity contribution is 7.99. The highest BCUT2D eigenvalue weighted by Crippen LogP contribution is 2.18. The average Bonchev–Trinajstić information content (AvgIpc) is 3.37. The van der Waals surface area contributed by atoms with E-state index in [1.807, 2.05) is 36.4 Å². The van der Waals surface area contributed by atoms with Crippen molar-refractivity contribution in [3.63, 3.8) is 0 Å². The minimum atomic E-state index is 0.0131. The molecule has 2 aromatic carbocycles.